The average molecular weight is 437 g/mol. The van der Waals surface area contributed by atoms with Crippen LogP contribution >= 0.6 is 0 Å². The van der Waals surface area contributed by atoms with Crippen LogP contribution in [0.2, 0.25) is 0 Å². The average Bonchev–Trinajstić information content (AvgIpc) is 3.37. The molecule has 2 aromatic heterocycles. The van der Waals surface area contributed by atoms with Gasteiger partial charge in [0.2, 0.25) is 0 Å². The number of carbonyl (C=O) groups is 1. The third-order valence-electron chi connectivity index (χ3n) is 7.39. The smallest absolute Gasteiger partial charge is 0.269 e. The highest BCUT2D eigenvalue weighted by Crippen LogP contribution is 2.38. The van der Waals surface area contributed by atoms with Crippen LogP contribution in [0.1, 0.15) is 61.1 Å². The summed E-state index contributed by atoms with van der Waals surface area (Å²) in [5.74, 6) is 0.123. The van der Waals surface area contributed by atoms with Crippen LogP contribution in [0, 0.1) is 5.92 Å². The molecule has 0 radical (unpaired) electrons. The number of primary amides is 1. The molecule has 168 valence electrons. The van der Waals surface area contributed by atoms with Crippen molar-refractivity contribution in [1.82, 2.24) is 24.5 Å². The van der Waals surface area contributed by atoms with Gasteiger partial charge in [-0.25, -0.2) is 4.39 Å². The number of alkyl halides is 1. The van der Waals surface area contributed by atoms with E-state index in [0.29, 0.717) is 30.7 Å². The SMILES string of the molecule is NC(=O)c1nn(C2CCC(CN3CC(F)C3)CC2)c2ccc(-c3cnn(C4CC4)c3)cc12. The van der Waals surface area contributed by atoms with Crippen LogP contribution < -0.4 is 5.73 Å². The van der Waals surface area contributed by atoms with Crippen molar-refractivity contribution < 1.29 is 9.18 Å². The first kappa shape index (κ1) is 19.9. The fourth-order valence-corrected chi connectivity index (χ4v) is 5.40. The number of aromatic nitrogens is 4. The molecule has 0 bridgehead atoms. The molecule has 1 saturated heterocycles. The molecular formula is C24H29FN6O. The number of nitrogens with zero attached hydrogens (tertiary/aromatic N) is 5. The molecule has 32 heavy (non-hydrogen) atoms. The number of fused-ring (bicyclic) bond motifs is 1. The van der Waals surface area contributed by atoms with Crippen LogP contribution in [0.15, 0.2) is 30.6 Å². The number of benzene rings is 1. The van der Waals surface area contributed by atoms with Gasteiger partial charge in [0.15, 0.2) is 5.69 Å². The summed E-state index contributed by atoms with van der Waals surface area (Å²) in [5, 5.41) is 9.98. The molecule has 7 nitrogen and oxygen atoms in total. The minimum Gasteiger partial charge on any atom is -0.364 e. The lowest BCUT2D eigenvalue weighted by molar-refractivity contribution is 0.0432. The Morgan fingerprint density at radius 3 is 2.50 bits per heavy atom. The van der Waals surface area contributed by atoms with Crippen LogP contribution in [-0.4, -0.2) is 56.2 Å². The lowest BCUT2D eigenvalue weighted by atomic mass is 9.85. The number of nitrogens with two attached hydrogens (primary N) is 1. The highest BCUT2D eigenvalue weighted by molar-refractivity contribution is 6.05. The second-order valence-electron chi connectivity index (χ2n) is 9.82. The van der Waals surface area contributed by atoms with E-state index >= 15 is 0 Å². The zero-order valence-corrected chi connectivity index (χ0v) is 18.2. The molecule has 3 aromatic rings. The summed E-state index contributed by atoms with van der Waals surface area (Å²) in [7, 11) is 0. The Bertz CT molecular complexity index is 1150. The fraction of sp³-hybridized carbons (Fsp3) is 0.542. The lowest BCUT2D eigenvalue weighted by Crippen LogP contribution is -2.50. The van der Waals surface area contributed by atoms with Crippen molar-refractivity contribution in [3.8, 4) is 11.1 Å². The Hall–Kier alpha value is -2.74. The summed E-state index contributed by atoms with van der Waals surface area (Å²) in [6, 6.07) is 6.96. The maximum Gasteiger partial charge on any atom is 0.269 e. The van der Waals surface area contributed by atoms with E-state index < -0.39 is 12.1 Å². The van der Waals surface area contributed by atoms with Crippen LogP contribution in [-0.2, 0) is 0 Å². The predicted octanol–water partition coefficient (Wildman–Crippen LogP) is 3.72. The van der Waals surface area contributed by atoms with E-state index in [1.807, 2.05) is 21.6 Å². The Kier molecular flexibility index (Phi) is 4.78. The van der Waals surface area contributed by atoms with Gasteiger partial charge in [0, 0.05) is 36.8 Å². The first-order chi connectivity index (χ1) is 15.5. The van der Waals surface area contributed by atoms with Gasteiger partial charge in [-0.15, -0.1) is 0 Å². The van der Waals surface area contributed by atoms with Crippen molar-refractivity contribution in [2.75, 3.05) is 19.6 Å². The molecule has 1 amide bonds. The van der Waals surface area contributed by atoms with Gasteiger partial charge >= 0.3 is 0 Å². The van der Waals surface area contributed by atoms with E-state index in [1.165, 1.54) is 12.8 Å². The topological polar surface area (TPSA) is 82.0 Å². The number of amides is 1. The molecule has 3 aliphatic rings. The van der Waals surface area contributed by atoms with Gasteiger partial charge in [0.1, 0.15) is 6.17 Å². The minimum absolute atomic E-state index is 0.260. The molecule has 2 saturated carbocycles. The molecule has 3 fully saturated rings. The Morgan fingerprint density at radius 2 is 1.81 bits per heavy atom. The van der Waals surface area contributed by atoms with Gasteiger partial charge in [0.05, 0.1) is 23.8 Å². The van der Waals surface area contributed by atoms with E-state index in [-0.39, 0.29) is 6.04 Å². The monoisotopic (exact) mass is 436 g/mol. The molecule has 8 heteroatoms. The second-order valence-corrected chi connectivity index (χ2v) is 9.82. The van der Waals surface area contributed by atoms with E-state index in [0.717, 1.165) is 54.3 Å². The molecule has 3 heterocycles. The first-order valence-electron chi connectivity index (χ1n) is 11.8. The normalized spacial score (nSPS) is 24.7. The quantitative estimate of drug-likeness (QED) is 0.639. The van der Waals surface area contributed by atoms with E-state index in [4.69, 9.17) is 5.73 Å². The van der Waals surface area contributed by atoms with Crippen molar-refractivity contribution in [3.63, 3.8) is 0 Å². The van der Waals surface area contributed by atoms with Gasteiger partial charge in [-0.2, -0.15) is 10.2 Å². The zero-order chi connectivity index (χ0) is 21.8. The molecule has 0 unspecified atom stereocenters. The standard InChI is InChI=1S/C24H29FN6O/c25-18-13-29(14-18)11-15-1-4-20(5-2-15)31-22-8-3-16(9-21(22)23(28-31)24(26)32)17-10-27-30(12-17)19-6-7-19/h3,8-10,12,15,18-20H,1-2,4-7,11,13-14H2,(H2,26,32). The fourth-order valence-electron chi connectivity index (χ4n) is 5.40. The highest BCUT2D eigenvalue weighted by Gasteiger charge is 2.31. The highest BCUT2D eigenvalue weighted by atomic mass is 19.1. The Morgan fingerprint density at radius 1 is 1.06 bits per heavy atom. The number of carbonyl (C=O) groups excluding carboxylic acids is 1. The molecule has 1 aromatic carbocycles. The number of likely N-dealkylation sites (tertiary alicyclic amines) is 1. The van der Waals surface area contributed by atoms with Gasteiger partial charge in [-0.1, -0.05) is 6.07 Å². The third kappa shape index (κ3) is 3.60. The van der Waals surface area contributed by atoms with Gasteiger partial charge in [-0.3, -0.25) is 19.1 Å². The van der Waals surface area contributed by atoms with Crippen LogP contribution in [0.5, 0.6) is 0 Å². The molecule has 0 atom stereocenters. The Labute approximate surface area is 186 Å². The third-order valence-corrected chi connectivity index (χ3v) is 7.39. The number of hydrogen-bond acceptors (Lipinski definition) is 4. The van der Waals surface area contributed by atoms with Crippen LogP contribution in [0.3, 0.4) is 0 Å². The molecule has 2 aliphatic carbocycles. The van der Waals surface area contributed by atoms with Crippen molar-refractivity contribution in [3.05, 3.63) is 36.3 Å². The molecule has 1 aliphatic heterocycles. The van der Waals surface area contributed by atoms with Crippen LogP contribution in [0.25, 0.3) is 22.0 Å². The first-order valence-corrected chi connectivity index (χ1v) is 11.8. The summed E-state index contributed by atoms with van der Waals surface area (Å²) in [4.78, 5) is 14.4. The number of halogens is 1. The summed E-state index contributed by atoms with van der Waals surface area (Å²) in [6.45, 7) is 2.18. The molecular weight excluding hydrogens is 407 g/mol. The molecule has 6 rings (SSSR count). The van der Waals surface area contributed by atoms with Gasteiger partial charge in [0.25, 0.3) is 5.91 Å². The largest absolute Gasteiger partial charge is 0.364 e. The molecule has 2 N–H and O–H groups in total. The molecule has 0 spiro atoms. The summed E-state index contributed by atoms with van der Waals surface area (Å²) < 4.78 is 17.2. The maximum atomic E-state index is 13.1. The second kappa shape index (κ2) is 7.69. The predicted molar refractivity (Wildman–Crippen MR) is 120 cm³/mol. The van der Waals surface area contributed by atoms with Gasteiger partial charge < -0.3 is 5.73 Å². The Balaban J connectivity index is 1.24. The summed E-state index contributed by atoms with van der Waals surface area (Å²) in [6.07, 6.45) is 9.95. The number of hydrogen-bond donors (Lipinski definition) is 1. The summed E-state index contributed by atoms with van der Waals surface area (Å²) in [5.41, 5.74) is 9.08. The van der Waals surface area contributed by atoms with Crippen molar-refractivity contribution in [2.24, 2.45) is 11.7 Å². The van der Waals surface area contributed by atoms with E-state index in [1.54, 1.807) is 0 Å². The van der Waals surface area contributed by atoms with Crippen molar-refractivity contribution >= 4 is 16.8 Å². The maximum absolute atomic E-state index is 13.1. The van der Waals surface area contributed by atoms with Crippen LogP contribution in [0.4, 0.5) is 4.39 Å². The van der Waals surface area contributed by atoms with Crippen molar-refractivity contribution in [2.45, 2.75) is 56.8 Å². The summed E-state index contributed by atoms with van der Waals surface area (Å²) >= 11 is 0. The minimum atomic E-state index is -0.637. The van der Waals surface area contributed by atoms with E-state index in [9.17, 15) is 9.18 Å². The van der Waals surface area contributed by atoms with Crippen molar-refractivity contribution in [1.29, 1.82) is 0 Å². The lowest BCUT2D eigenvalue weighted by Gasteiger charge is -2.39. The van der Waals surface area contributed by atoms with E-state index in [2.05, 4.69) is 33.4 Å². The number of rotatable bonds is 6. The van der Waals surface area contributed by atoms with Gasteiger partial charge in [-0.05, 0) is 62.1 Å². The zero-order valence-electron chi connectivity index (χ0n) is 18.2.